The second-order valence-electron chi connectivity index (χ2n) is 7.25. The second kappa shape index (κ2) is 7.50. The van der Waals surface area contributed by atoms with E-state index in [0.29, 0.717) is 36.3 Å². The van der Waals surface area contributed by atoms with E-state index in [9.17, 15) is 9.18 Å². The number of carbonyl (C=O) groups excluding carboxylic acids is 1. The molecule has 0 aliphatic carbocycles. The summed E-state index contributed by atoms with van der Waals surface area (Å²) in [5, 5.41) is 7.16. The molecule has 2 aromatic carbocycles. The largest absolute Gasteiger partial charge is 0.360 e. The van der Waals surface area contributed by atoms with E-state index in [2.05, 4.69) is 10.1 Å². The number of aryl methyl sites for hydroxylation is 1. The average molecular weight is 419 g/mol. The molecule has 0 fully saturated rings. The van der Waals surface area contributed by atoms with Crippen LogP contribution in [0.5, 0.6) is 0 Å². The van der Waals surface area contributed by atoms with Crippen LogP contribution in [0.1, 0.15) is 26.7 Å². The number of aromatic nitrogens is 2. The van der Waals surface area contributed by atoms with Gasteiger partial charge in [-0.1, -0.05) is 29.4 Å². The second-order valence-corrected chi connectivity index (χ2v) is 8.31. The van der Waals surface area contributed by atoms with Crippen LogP contribution in [-0.4, -0.2) is 27.5 Å². The van der Waals surface area contributed by atoms with Crippen LogP contribution in [0.3, 0.4) is 0 Å². The number of hydrogen-bond acceptors (Lipinski definition) is 5. The maximum atomic E-state index is 13.6. The summed E-state index contributed by atoms with van der Waals surface area (Å²) >= 11 is 1.60. The van der Waals surface area contributed by atoms with Crippen molar-refractivity contribution in [2.75, 3.05) is 6.54 Å². The number of hydrogen-bond donors (Lipinski definition) is 0. The van der Waals surface area contributed by atoms with Crippen LogP contribution in [0.25, 0.3) is 22.5 Å². The van der Waals surface area contributed by atoms with E-state index in [4.69, 9.17) is 4.52 Å². The molecule has 0 radical (unpaired) electrons. The molecule has 5 rings (SSSR count). The van der Waals surface area contributed by atoms with Crippen molar-refractivity contribution in [2.24, 2.45) is 0 Å². The lowest BCUT2D eigenvalue weighted by Crippen LogP contribution is -2.35. The zero-order valence-electron chi connectivity index (χ0n) is 16.3. The van der Waals surface area contributed by atoms with Gasteiger partial charge in [0.25, 0.3) is 5.91 Å². The van der Waals surface area contributed by atoms with Crippen molar-refractivity contribution in [1.29, 1.82) is 0 Å². The van der Waals surface area contributed by atoms with Crippen molar-refractivity contribution in [3.63, 3.8) is 0 Å². The fraction of sp³-hybridized carbons (Fsp3) is 0.174. The molecule has 0 spiro atoms. The van der Waals surface area contributed by atoms with Crippen molar-refractivity contribution < 1.29 is 13.7 Å². The lowest BCUT2D eigenvalue weighted by Gasteiger charge is -2.26. The van der Waals surface area contributed by atoms with Gasteiger partial charge in [0.1, 0.15) is 17.3 Å². The molecule has 3 heterocycles. The standard InChI is InChI=1S/C23H18FN3O2S/c1-14-25-20(13-30-14)15-5-7-16(8-6-15)23(28)27-10-9-21-19(12-27)22(26-29-21)17-3-2-4-18(24)11-17/h2-8,11,13H,9-10,12H2,1H3. The van der Waals surface area contributed by atoms with Crippen LogP contribution >= 0.6 is 11.3 Å². The van der Waals surface area contributed by atoms with Gasteiger partial charge in [0.05, 0.1) is 17.2 Å². The molecule has 0 saturated carbocycles. The highest BCUT2D eigenvalue weighted by molar-refractivity contribution is 7.09. The first-order chi connectivity index (χ1) is 14.6. The van der Waals surface area contributed by atoms with Gasteiger partial charge in [0.2, 0.25) is 0 Å². The summed E-state index contributed by atoms with van der Waals surface area (Å²) in [5.74, 6) is 0.379. The van der Waals surface area contributed by atoms with Crippen molar-refractivity contribution in [3.05, 3.63) is 81.6 Å². The first-order valence-corrected chi connectivity index (χ1v) is 10.5. The molecule has 0 N–H and O–H groups in total. The Hall–Kier alpha value is -3.32. The fourth-order valence-electron chi connectivity index (χ4n) is 3.71. The molecule has 0 unspecified atom stereocenters. The molecule has 150 valence electrons. The van der Waals surface area contributed by atoms with E-state index in [0.717, 1.165) is 27.6 Å². The Balaban J connectivity index is 1.38. The molecule has 1 aliphatic heterocycles. The summed E-state index contributed by atoms with van der Waals surface area (Å²) in [4.78, 5) is 19.4. The minimum atomic E-state index is -0.330. The van der Waals surface area contributed by atoms with Gasteiger partial charge < -0.3 is 9.42 Å². The molecule has 5 nitrogen and oxygen atoms in total. The summed E-state index contributed by atoms with van der Waals surface area (Å²) in [6, 6.07) is 13.8. The fourth-order valence-corrected chi connectivity index (χ4v) is 4.33. The molecule has 2 aromatic heterocycles. The molecular weight excluding hydrogens is 401 g/mol. The van der Waals surface area contributed by atoms with E-state index >= 15 is 0 Å². The lowest BCUT2D eigenvalue weighted by molar-refractivity contribution is 0.0729. The number of amides is 1. The predicted octanol–water partition coefficient (Wildman–Crippen LogP) is 5.11. The minimum Gasteiger partial charge on any atom is -0.360 e. The Morgan fingerprint density at radius 2 is 2.00 bits per heavy atom. The van der Waals surface area contributed by atoms with Crippen molar-refractivity contribution >= 4 is 17.2 Å². The Morgan fingerprint density at radius 3 is 2.73 bits per heavy atom. The zero-order chi connectivity index (χ0) is 20.7. The van der Waals surface area contributed by atoms with E-state index in [1.807, 2.05) is 36.6 Å². The van der Waals surface area contributed by atoms with Gasteiger partial charge in [-0.3, -0.25) is 4.79 Å². The Bertz CT molecular complexity index is 1230. The van der Waals surface area contributed by atoms with Crippen molar-refractivity contribution in [2.45, 2.75) is 19.9 Å². The lowest BCUT2D eigenvalue weighted by atomic mass is 10.0. The summed E-state index contributed by atoms with van der Waals surface area (Å²) in [5.41, 5.74) is 4.62. The number of benzene rings is 2. The van der Waals surface area contributed by atoms with Gasteiger partial charge in [0.15, 0.2) is 0 Å². The highest BCUT2D eigenvalue weighted by Gasteiger charge is 2.28. The van der Waals surface area contributed by atoms with Crippen LogP contribution in [-0.2, 0) is 13.0 Å². The summed E-state index contributed by atoms with van der Waals surface area (Å²) < 4.78 is 19.1. The minimum absolute atomic E-state index is 0.0481. The van der Waals surface area contributed by atoms with Crippen LogP contribution in [0.15, 0.2) is 58.4 Å². The third-order valence-electron chi connectivity index (χ3n) is 5.26. The molecule has 0 atom stereocenters. The van der Waals surface area contributed by atoms with E-state index in [-0.39, 0.29) is 11.7 Å². The SMILES string of the molecule is Cc1nc(-c2ccc(C(=O)N3CCc4onc(-c5cccc(F)c5)c4C3)cc2)cs1. The van der Waals surface area contributed by atoms with E-state index in [1.165, 1.54) is 12.1 Å². The van der Waals surface area contributed by atoms with E-state index in [1.54, 1.807) is 28.4 Å². The third kappa shape index (κ3) is 3.41. The van der Waals surface area contributed by atoms with Crippen LogP contribution in [0, 0.1) is 12.7 Å². The van der Waals surface area contributed by atoms with Crippen LogP contribution < -0.4 is 0 Å². The number of rotatable bonds is 3. The van der Waals surface area contributed by atoms with Crippen LogP contribution in [0.4, 0.5) is 4.39 Å². The maximum Gasteiger partial charge on any atom is 0.254 e. The smallest absolute Gasteiger partial charge is 0.254 e. The van der Waals surface area contributed by atoms with Crippen molar-refractivity contribution in [1.82, 2.24) is 15.0 Å². The first kappa shape index (κ1) is 18.7. The van der Waals surface area contributed by atoms with Crippen LogP contribution in [0.2, 0.25) is 0 Å². The Kier molecular flexibility index (Phi) is 4.67. The first-order valence-electron chi connectivity index (χ1n) is 9.64. The number of thiazole rings is 1. The van der Waals surface area contributed by atoms with Gasteiger partial charge in [-0.2, -0.15) is 0 Å². The Labute approximate surface area is 176 Å². The predicted molar refractivity (Wildman–Crippen MR) is 113 cm³/mol. The topological polar surface area (TPSA) is 59.2 Å². The molecule has 0 bridgehead atoms. The van der Waals surface area contributed by atoms with Gasteiger partial charge >= 0.3 is 0 Å². The number of halogens is 1. The monoisotopic (exact) mass is 419 g/mol. The third-order valence-corrected chi connectivity index (χ3v) is 6.03. The van der Waals surface area contributed by atoms with E-state index < -0.39 is 0 Å². The van der Waals surface area contributed by atoms with Gasteiger partial charge in [-0.25, -0.2) is 9.37 Å². The quantitative estimate of drug-likeness (QED) is 0.463. The summed E-state index contributed by atoms with van der Waals surface area (Å²) in [6.45, 7) is 2.91. The summed E-state index contributed by atoms with van der Waals surface area (Å²) in [6.07, 6.45) is 0.583. The number of nitrogens with zero attached hydrogens (tertiary/aromatic N) is 3. The molecule has 1 aliphatic rings. The maximum absolute atomic E-state index is 13.6. The molecule has 7 heteroatoms. The normalized spacial score (nSPS) is 13.3. The van der Waals surface area contributed by atoms with Gasteiger partial charge in [0, 0.05) is 40.6 Å². The van der Waals surface area contributed by atoms with Gasteiger partial charge in [-0.05, 0) is 31.2 Å². The summed E-state index contributed by atoms with van der Waals surface area (Å²) in [7, 11) is 0. The van der Waals surface area contributed by atoms with Gasteiger partial charge in [-0.15, -0.1) is 11.3 Å². The molecular formula is C23H18FN3O2S. The number of carbonyl (C=O) groups is 1. The average Bonchev–Trinajstić information content (AvgIpc) is 3.39. The molecule has 30 heavy (non-hydrogen) atoms. The zero-order valence-corrected chi connectivity index (χ0v) is 17.1. The molecule has 1 amide bonds. The highest BCUT2D eigenvalue weighted by atomic mass is 32.1. The molecule has 4 aromatic rings. The van der Waals surface area contributed by atoms with Crippen molar-refractivity contribution in [3.8, 4) is 22.5 Å². The molecule has 0 saturated heterocycles. The highest BCUT2D eigenvalue weighted by Crippen LogP contribution is 2.31. The number of fused-ring (bicyclic) bond motifs is 1. The Morgan fingerprint density at radius 1 is 1.17 bits per heavy atom.